The number of likely N-dealkylation sites (N-methyl/N-ethyl adjacent to an activating group) is 1. The van der Waals surface area contributed by atoms with Gasteiger partial charge in [-0.25, -0.2) is 4.79 Å². The Morgan fingerprint density at radius 1 is 0.923 bits per heavy atom. The Balaban J connectivity index is 1.38. The summed E-state index contributed by atoms with van der Waals surface area (Å²) in [5.74, 6) is 0.120. The molecule has 5 atom stereocenters. The quantitative estimate of drug-likeness (QED) is 0.404. The summed E-state index contributed by atoms with van der Waals surface area (Å²) in [6.45, 7) is 0.515. The highest BCUT2D eigenvalue weighted by Crippen LogP contribution is 2.64. The maximum absolute atomic E-state index is 14.1. The fraction of sp³-hybridized carbons (Fsp3) is 0.300. The molecule has 0 radical (unpaired) electrons. The minimum absolute atomic E-state index is 0.276. The van der Waals surface area contributed by atoms with E-state index in [2.05, 4.69) is 5.32 Å². The first-order valence-corrected chi connectivity index (χ1v) is 13.0. The summed E-state index contributed by atoms with van der Waals surface area (Å²) in [5, 5.41) is 3.05. The highest BCUT2D eigenvalue weighted by Gasteiger charge is 2.81. The minimum atomic E-state index is -1.31. The van der Waals surface area contributed by atoms with Gasteiger partial charge in [0.2, 0.25) is 12.0 Å². The number of likely N-dealkylation sites (tertiary alicyclic amines) is 1. The number of carbonyl (C=O) groups excluding carboxylic acids is 3. The third-order valence-corrected chi connectivity index (χ3v) is 8.80. The zero-order valence-electron chi connectivity index (χ0n) is 21.5. The topological polar surface area (TPSA) is 97.4 Å². The summed E-state index contributed by atoms with van der Waals surface area (Å²) in [6, 6.07) is 22.8. The van der Waals surface area contributed by atoms with E-state index < -0.39 is 35.2 Å². The van der Waals surface area contributed by atoms with Crippen LogP contribution in [0.15, 0.2) is 78.9 Å². The third-order valence-electron chi connectivity index (χ3n) is 8.80. The molecule has 3 aromatic carbocycles. The minimum Gasteiger partial charge on any atom is -0.497 e. The van der Waals surface area contributed by atoms with Crippen LogP contribution in [0.3, 0.4) is 0 Å². The van der Waals surface area contributed by atoms with Crippen LogP contribution in [-0.2, 0) is 24.7 Å². The molecule has 9 heteroatoms. The van der Waals surface area contributed by atoms with Gasteiger partial charge >= 0.3 is 5.97 Å². The van der Waals surface area contributed by atoms with E-state index in [1.54, 1.807) is 54.5 Å². The number of anilines is 2. The van der Waals surface area contributed by atoms with E-state index in [1.807, 2.05) is 48.3 Å². The predicted octanol–water partition coefficient (Wildman–Crippen LogP) is 2.95. The molecule has 9 nitrogen and oxygen atoms in total. The molecular weight excluding hydrogens is 498 g/mol. The van der Waals surface area contributed by atoms with Crippen LogP contribution in [0, 0.1) is 5.41 Å². The van der Waals surface area contributed by atoms with Gasteiger partial charge in [-0.05, 0) is 55.9 Å². The summed E-state index contributed by atoms with van der Waals surface area (Å²) in [6.07, 6.45) is -1.51. The second-order valence-electron chi connectivity index (χ2n) is 10.4. The number of methoxy groups -OCH3 is 1. The molecule has 0 spiro atoms. The summed E-state index contributed by atoms with van der Waals surface area (Å²) in [7, 11) is 3.43. The molecule has 198 valence electrons. The van der Waals surface area contributed by atoms with E-state index in [1.165, 1.54) is 0 Å². The molecule has 3 saturated heterocycles. The second-order valence-corrected chi connectivity index (χ2v) is 10.4. The Labute approximate surface area is 225 Å². The molecule has 2 amide bonds. The van der Waals surface area contributed by atoms with Crippen LogP contribution in [0.1, 0.15) is 12.0 Å². The number of para-hydroxylation sites is 2. The normalized spacial score (nSPS) is 31.0. The van der Waals surface area contributed by atoms with Crippen LogP contribution in [0.2, 0.25) is 0 Å². The van der Waals surface area contributed by atoms with Crippen LogP contribution in [0.5, 0.6) is 11.5 Å². The second kappa shape index (κ2) is 8.31. The molecule has 1 N–H and O–H groups in total. The number of ether oxygens (including phenoxy) is 3. The average Bonchev–Trinajstić information content (AvgIpc) is 3.43. The van der Waals surface area contributed by atoms with Crippen molar-refractivity contribution in [2.75, 3.05) is 30.9 Å². The van der Waals surface area contributed by atoms with E-state index in [4.69, 9.17) is 14.2 Å². The number of hydrogen-bond acceptors (Lipinski definition) is 7. The van der Waals surface area contributed by atoms with Crippen molar-refractivity contribution in [1.29, 1.82) is 0 Å². The molecule has 4 aliphatic heterocycles. The van der Waals surface area contributed by atoms with Crippen molar-refractivity contribution in [3.63, 3.8) is 0 Å². The summed E-state index contributed by atoms with van der Waals surface area (Å²) in [5.41, 5.74) is -0.663. The van der Waals surface area contributed by atoms with E-state index in [0.29, 0.717) is 41.4 Å². The van der Waals surface area contributed by atoms with E-state index >= 15 is 0 Å². The summed E-state index contributed by atoms with van der Waals surface area (Å²) < 4.78 is 17.7. The molecule has 0 aromatic heterocycles. The van der Waals surface area contributed by atoms with Gasteiger partial charge in [0.25, 0.3) is 5.91 Å². The monoisotopic (exact) mass is 525 g/mol. The van der Waals surface area contributed by atoms with Crippen molar-refractivity contribution < 1.29 is 28.6 Å². The first-order valence-electron chi connectivity index (χ1n) is 13.0. The zero-order valence-corrected chi connectivity index (χ0v) is 21.5. The zero-order chi connectivity index (χ0) is 26.9. The Bertz CT molecular complexity index is 1490. The van der Waals surface area contributed by atoms with E-state index in [0.717, 1.165) is 0 Å². The molecular formula is C30H27N3O6. The number of hydrogen-bond donors (Lipinski definition) is 1. The molecule has 3 aromatic rings. The van der Waals surface area contributed by atoms with Crippen molar-refractivity contribution in [2.45, 2.75) is 30.2 Å². The van der Waals surface area contributed by atoms with Gasteiger partial charge in [0.1, 0.15) is 29.1 Å². The van der Waals surface area contributed by atoms with Crippen LogP contribution >= 0.6 is 0 Å². The molecule has 3 fully saturated rings. The van der Waals surface area contributed by atoms with Gasteiger partial charge in [0, 0.05) is 23.5 Å². The number of amides is 2. The van der Waals surface area contributed by atoms with Gasteiger partial charge in [0.15, 0.2) is 5.54 Å². The van der Waals surface area contributed by atoms with Crippen LogP contribution < -0.4 is 19.7 Å². The lowest BCUT2D eigenvalue weighted by Crippen LogP contribution is -2.75. The number of nitrogens with one attached hydrogen (secondary N) is 1. The number of carbonyl (C=O) groups is 3. The van der Waals surface area contributed by atoms with E-state index in [-0.39, 0.29) is 11.8 Å². The Morgan fingerprint density at radius 3 is 2.38 bits per heavy atom. The predicted molar refractivity (Wildman–Crippen MR) is 141 cm³/mol. The van der Waals surface area contributed by atoms with Crippen molar-refractivity contribution in [3.8, 4) is 11.5 Å². The average molecular weight is 526 g/mol. The first kappa shape index (κ1) is 23.7. The Kier molecular flexibility index (Phi) is 5.06. The van der Waals surface area contributed by atoms with Crippen molar-refractivity contribution in [2.24, 2.45) is 5.41 Å². The standard InChI is InChI=1S/C30H27N3O6/c1-32-17-16-29-25(39-28(36)30(29,32)21-10-6-7-11-22(21)31-27(29)35)23-24(38-20-8-4-3-5-9-20)26(34)33(23)18-12-14-19(37-2)15-13-18/h3-15,23-25H,16-17H2,1-2H3,(H,31,35)/t23-,24+,25-,29+,30-/m1/s1. The van der Waals surface area contributed by atoms with Crippen molar-refractivity contribution in [3.05, 3.63) is 84.4 Å². The molecule has 0 saturated carbocycles. The number of esters is 1. The largest absolute Gasteiger partial charge is 0.497 e. The molecule has 0 aliphatic carbocycles. The molecule has 0 unspecified atom stereocenters. The van der Waals surface area contributed by atoms with Gasteiger partial charge in [-0.2, -0.15) is 0 Å². The number of β-lactam (4-membered cyclic amide) rings is 1. The number of rotatable bonds is 5. The lowest BCUT2D eigenvalue weighted by molar-refractivity contribution is -0.155. The molecule has 7 rings (SSSR count). The Morgan fingerprint density at radius 2 is 1.64 bits per heavy atom. The van der Waals surface area contributed by atoms with Gasteiger partial charge < -0.3 is 19.5 Å². The van der Waals surface area contributed by atoms with Crippen LogP contribution in [-0.4, -0.2) is 61.6 Å². The van der Waals surface area contributed by atoms with Gasteiger partial charge in [-0.15, -0.1) is 0 Å². The van der Waals surface area contributed by atoms with Gasteiger partial charge in [-0.3, -0.25) is 19.4 Å². The fourth-order valence-electron chi connectivity index (χ4n) is 7.07. The maximum atomic E-state index is 14.1. The lowest BCUT2D eigenvalue weighted by atomic mass is 9.59. The highest BCUT2D eigenvalue weighted by molar-refractivity contribution is 6.11. The fourth-order valence-corrected chi connectivity index (χ4v) is 7.07. The lowest BCUT2D eigenvalue weighted by Gasteiger charge is -2.52. The Hall–Kier alpha value is -4.37. The van der Waals surface area contributed by atoms with Crippen molar-refractivity contribution >= 4 is 29.2 Å². The molecule has 0 bridgehead atoms. The summed E-state index contributed by atoms with van der Waals surface area (Å²) in [4.78, 5) is 45.4. The summed E-state index contributed by atoms with van der Waals surface area (Å²) >= 11 is 0. The molecule has 4 heterocycles. The smallest absolute Gasteiger partial charge is 0.332 e. The number of fused-ring (bicyclic) bond motifs is 1. The van der Waals surface area contributed by atoms with E-state index in [9.17, 15) is 14.4 Å². The highest BCUT2D eigenvalue weighted by atomic mass is 16.6. The molecule has 4 aliphatic rings. The molecule has 39 heavy (non-hydrogen) atoms. The third kappa shape index (κ3) is 2.90. The van der Waals surface area contributed by atoms with Crippen molar-refractivity contribution in [1.82, 2.24) is 4.90 Å². The van der Waals surface area contributed by atoms with Crippen LogP contribution in [0.25, 0.3) is 0 Å². The number of cyclic esters (lactones) is 1. The van der Waals surface area contributed by atoms with Crippen LogP contribution in [0.4, 0.5) is 11.4 Å². The van der Waals surface area contributed by atoms with Gasteiger partial charge in [0.05, 0.1) is 7.11 Å². The SMILES string of the molecule is COc1ccc(N2C(=O)[C@@H](Oc3ccccc3)[C@@H]2[C@H]2OC(=O)[C@]34c5ccccc5NC(=O)[C@]23CCN4C)cc1. The number of benzene rings is 3. The first-order chi connectivity index (χ1) is 18.9. The number of nitrogens with zero attached hydrogens (tertiary/aromatic N) is 2. The maximum Gasteiger partial charge on any atom is 0.332 e. The van der Waals surface area contributed by atoms with Gasteiger partial charge in [-0.1, -0.05) is 36.4 Å².